The van der Waals surface area contributed by atoms with Gasteiger partial charge in [0, 0.05) is 24.3 Å². The van der Waals surface area contributed by atoms with E-state index in [0.717, 1.165) is 4.90 Å². The number of nitro benzene ring substituents is 1. The number of fused-ring (bicyclic) bond motifs is 1. The summed E-state index contributed by atoms with van der Waals surface area (Å²) in [4.78, 5) is 73.8. The molecule has 0 bridgehead atoms. The summed E-state index contributed by atoms with van der Waals surface area (Å²) in [6.07, 6.45) is 0. The second-order valence-electron chi connectivity index (χ2n) is 8.86. The molecule has 0 saturated carbocycles. The zero-order chi connectivity index (χ0) is 29.7. The normalized spacial score (nSPS) is 18.4. The van der Waals surface area contributed by atoms with Crippen LogP contribution < -0.4 is 15.4 Å². The third-order valence-corrected chi connectivity index (χ3v) is 7.46. The van der Waals surface area contributed by atoms with Crippen molar-refractivity contribution in [2.75, 3.05) is 19.0 Å². The van der Waals surface area contributed by atoms with Crippen molar-refractivity contribution in [3.05, 3.63) is 81.5 Å². The molecular weight excluding hydrogens is 560 g/mol. The molecule has 3 atom stereocenters. The Morgan fingerprint density at radius 1 is 1.15 bits per heavy atom. The topological polar surface area (TPSA) is 194 Å². The predicted octanol–water partition coefficient (Wildman–Crippen LogP) is 1.13. The van der Waals surface area contributed by atoms with Crippen molar-refractivity contribution in [1.29, 1.82) is 0 Å². The SMILES string of the molecule is CC(=O)OCC1=C(C(=O)O)N2C(=O)[C@@H](NC(=O)[C@@H](NC(=O)COc3ccccc3[N+](=O)[O-])c3ccccc3)[C@H]2SC1. The quantitative estimate of drug-likeness (QED) is 0.148. The van der Waals surface area contributed by atoms with Gasteiger partial charge in [0.05, 0.1) is 4.92 Å². The number of nitro groups is 1. The molecule has 1 fully saturated rings. The monoisotopic (exact) mass is 584 g/mol. The van der Waals surface area contributed by atoms with Crippen LogP contribution in [0.1, 0.15) is 18.5 Å². The minimum Gasteiger partial charge on any atom is -0.477 e. The number of β-lactam (4-membered cyclic amide) rings is 1. The molecule has 0 unspecified atom stereocenters. The van der Waals surface area contributed by atoms with Crippen LogP contribution in [0.2, 0.25) is 0 Å². The second-order valence-corrected chi connectivity index (χ2v) is 9.96. The van der Waals surface area contributed by atoms with Crippen molar-refractivity contribution in [3.63, 3.8) is 0 Å². The molecule has 0 radical (unpaired) electrons. The lowest BCUT2D eigenvalue weighted by Crippen LogP contribution is -2.71. The smallest absolute Gasteiger partial charge is 0.352 e. The van der Waals surface area contributed by atoms with Crippen LogP contribution >= 0.6 is 11.8 Å². The van der Waals surface area contributed by atoms with E-state index in [2.05, 4.69) is 10.6 Å². The first-order valence-electron chi connectivity index (χ1n) is 12.1. The number of para-hydroxylation sites is 2. The van der Waals surface area contributed by atoms with E-state index in [0.29, 0.717) is 5.56 Å². The first-order valence-corrected chi connectivity index (χ1v) is 13.2. The fraction of sp³-hybridized carbons (Fsp3) is 0.269. The Kier molecular flexibility index (Phi) is 8.87. The molecule has 2 aromatic rings. The predicted molar refractivity (Wildman–Crippen MR) is 142 cm³/mol. The average Bonchev–Trinajstić information content (AvgIpc) is 2.96. The van der Waals surface area contributed by atoms with E-state index in [1.807, 2.05) is 0 Å². The number of carbonyl (C=O) groups excluding carboxylic acids is 4. The maximum Gasteiger partial charge on any atom is 0.352 e. The molecule has 2 heterocycles. The van der Waals surface area contributed by atoms with E-state index in [-0.39, 0.29) is 35.1 Å². The molecule has 2 aliphatic rings. The van der Waals surface area contributed by atoms with Gasteiger partial charge in [0.2, 0.25) is 5.91 Å². The number of amides is 3. The summed E-state index contributed by atoms with van der Waals surface area (Å²) < 4.78 is 10.2. The first kappa shape index (κ1) is 29.1. The van der Waals surface area contributed by atoms with Crippen molar-refractivity contribution in [1.82, 2.24) is 15.5 Å². The van der Waals surface area contributed by atoms with Gasteiger partial charge in [-0.3, -0.25) is 34.2 Å². The third kappa shape index (κ3) is 6.46. The summed E-state index contributed by atoms with van der Waals surface area (Å²) in [6, 6.07) is 11.3. The summed E-state index contributed by atoms with van der Waals surface area (Å²) in [6.45, 7) is 0.265. The number of rotatable bonds is 11. The fourth-order valence-electron chi connectivity index (χ4n) is 4.24. The molecule has 1 saturated heterocycles. The molecule has 2 aromatic carbocycles. The number of carboxylic acids is 1. The minimum absolute atomic E-state index is 0.127. The lowest BCUT2D eigenvalue weighted by Gasteiger charge is -2.49. The lowest BCUT2D eigenvalue weighted by molar-refractivity contribution is -0.385. The van der Waals surface area contributed by atoms with Gasteiger partial charge in [-0.2, -0.15) is 0 Å². The van der Waals surface area contributed by atoms with E-state index in [9.17, 15) is 39.2 Å². The van der Waals surface area contributed by atoms with Crippen LogP contribution in [0.5, 0.6) is 5.75 Å². The number of esters is 1. The number of carbonyl (C=O) groups is 5. The highest BCUT2D eigenvalue weighted by Crippen LogP contribution is 2.40. The van der Waals surface area contributed by atoms with Gasteiger partial charge in [0.25, 0.3) is 11.8 Å². The molecule has 15 heteroatoms. The maximum atomic E-state index is 13.4. The zero-order valence-electron chi connectivity index (χ0n) is 21.5. The van der Waals surface area contributed by atoms with Crippen LogP contribution in [0.15, 0.2) is 65.9 Å². The number of hydrogen-bond acceptors (Lipinski definition) is 10. The maximum absolute atomic E-state index is 13.4. The van der Waals surface area contributed by atoms with Crippen molar-refractivity contribution < 1.29 is 43.5 Å². The fourth-order valence-corrected chi connectivity index (χ4v) is 5.57. The Hall–Kier alpha value is -4.92. The Morgan fingerprint density at radius 3 is 2.49 bits per heavy atom. The highest BCUT2D eigenvalue weighted by atomic mass is 32.2. The van der Waals surface area contributed by atoms with Crippen LogP contribution in [0, 0.1) is 10.1 Å². The number of hydrogen-bond donors (Lipinski definition) is 3. The van der Waals surface area contributed by atoms with Crippen molar-refractivity contribution in [2.24, 2.45) is 0 Å². The Balaban J connectivity index is 1.46. The number of carboxylic acid groups (broad SMARTS) is 1. The highest BCUT2D eigenvalue weighted by Gasteiger charge is 2.54. The average molecular weight is 585 g/mol. The van der Waals surface area contributed by atoms with Gasteiger partial charge in [0.15, 0.2) is 12.4 Å². The van der Waals surface area contributed by atoms with E-state index >= 15 is 0 Å². The summed E-state index contributed by atoms with van der Waals surface area (Å²) in [5.74, 6) is -4.12. The van der Waals surface area contributed by atoms with Crippen molar-refractivity contribution in [2.45, 2.75) is 24.4 Å². The third-order valence-electron chi connectivity index (χ3n) is 6.12. The van der Waals surface area contributed by atoms with Crippen LogP contribution in [0.25, 0.3) is 0 Å². The molecule has 0 spiro atoms. The Morgan fingerprint density at radius 2 is 1.83 bits per heavy atom. The highest BCUT2D eigenvalue weighted by molar-refractivity contribution is 8.00. The number of thioether (sulfide) groups is 1. The van der Waals surface area contributed by atoms with E-state index in [1.54, 1.807) is 30.3 Å². The van der Waals surface area contributed by atoms with Gasteiger partial charge in [-0.25, -0.2) is 4.79 Å². The van der Waals surface area contributed by atoms with E-state index in [1.165, 1.54) is 43.0 Å². The molecule has 3 N–H and O–H groups in total. The molecule has 214 valence electrons. The summed E-state index contributed by atoms with van der Waals surface area (Å²) >= 11 is 1.19. The standard InChI is InChI=1S/C26H24N4O10S/c1-14(31)39-11-16-13-41-25-21(24(34)29(25)22(16)26(35)36)28-23(33)20(15-7-3-2-4-8-15)27-19(32)12-40-18-10-6-5-9-17(18)30(37)38/h2-10,20-21,25H,11-13H2,1H3,(H,27,32)(H,28,33)(H,35,36)/t20-,21+,25+/m0/s1. The van der Waals surface area contributed by atoms with Crippen molar-refractivity contribution >= 4 is 47.1 Å². The zero-order valence-corrected chi connectivity index (χ0v) is 22.3. The van der Waals surface area contributed by atoms with Gasteiger partial charge < -0.3 is 25.2 Å². The number of benzene rings is 2. The Bertz CT molecular complexity index is 1430. The largest absolute Gasteiger partial charge is 0.477 e. The van der Waals surface area contributed by atoms with Crippen LogP contribution in [0.4, 0.5) is 5.69 Å². The molecule has 0 aromatic heterocycles. The van der Waals surface area contributed by atoms with Crippen LogP contribution in [-0.4, -0.2) is 75.0 Å². The molecule has 4 rings (SSSR count). The number of nitrogens with one attached hydrogen (secondary N) is 2. The minimum atomic E-state index is -1.37. The molecule has 3 amide bonds. The van der Waals surface area contributed by atoms with Crippen LogP contribution in [0.3, 0.4) is 0 Å². The van der Waals surface area contributed by atoms with Crippen LogP contribution in [-0.2, 0) is 28.7 Å². The summed E-state index contributed by atoms with van der Waals surface area (Å²) in [5.41, 5.74) is 0.00551. The molecule has 2 aliphatic heterocycles. The Labute approximate surface area is 236 Å². The number of ether oxygens (including phenoxy) is 2. The van der Waals surface area contributed by atoms with Crippen molar-refractivity contribution in [3.8, 4) is 5.75 Å². The molecule has 0 aliphatic carbocycles. The van der Waals surface area contributed by atoms with Gasteiger partial charge in [-0.1, -0.05) is 42.5 Å². The van der Waals surface area contributed by atoms with E-state index < -0.39 is 58.6 Å². The summed E-state index contributed by atoms with van der Waals surface area (Å²) in [5, 5.41) is 25.3. The number of nitrogens with zero attached hydrogens (tertiary/aromatic N) is 2. The van der Waals surface area contributed by atoms with Gasteiger partial charge in [0.1, 0.15) is 29.8 Å². The van der Waals surface area contributed by atoms with Gasteiger partial charge in [-0.15, -0.1) is 11.8 Å². The second kappa shape index (κ2) is 12.5. The van der Waals surface area contributed by atoms with Gasteiger partial charge >= 0.3 is 17.6 Å². The lowest BCUT2D eigenvalue weighted by atomic mass is 10.0. The molecule has 41 heavy (non-hydrogen) atoms. The molecule has 14 nitrogen and oxygen atoms in total. The summed E-state index contributed by atoms with van der Waals surface area (Å²) in [7, 11) is 0. The molecular formula is C26H24N4O10S. The first-order chi connectivity index (χ1) is 19.6. The van der Waals surface area contributed by atoms with E-state index in [4.69, 9.17) is 9.47 Å². The van der Waals surface area contributed by atoms with Gasteiger partial charge in [-0.05, 0) is 11.6 Å². The number of aliphatic carboxylic acids is 1.